The number of nitrogens with two attached hydrogens (primary N) is 1. The molecule has 0 saturated heterocycles. The van der Waals surface area contributed by atoms with E-state index in [4.69, 9.17) is 10.5 Å². The van der Waals surface area contributed by atoms with Crippen molar-refractivity contribution in [2.75, 3.05) is 7.11 Å². The third kappa shape index (κ3) is 4.10. The van der Waals surface area contributed by atoms with E-state index in [2.05, 4.69) is 20.8 Å². The first kappa shape index (κ1) is 14.1. The molecular formula is C14H22FNO. The fraction of sp³-hybridized carbons (Fsp3) is 0.571. The van der Waals surface area contributed by atoms with Gasteiger partial charge in [-0.15, -0.1) is 0 Å². The number of ether oxygens (including phenoxy) is 1. The van der Waals surface area contributed by atoms with Crippen molar-refractivity contribution >= 4 is 0 Å². The number of hydrogen-bond donors (Lipinski definition) is 1. The molecule has 3 heteroatoms. The fourth-order valence-corrected chi connectivity index (χ4v) is 2.17. The Labute approximate surface area is 103 Å². The Balaban J connectivity index is 2.70. The summed E-state index contributed by atoms with van der Waals surface area (Å²) in [5.74, 6) is -0.221. The summed E-state index contributed by atoms with van der Waals surface area (Å²) >= 11 is 0. The molecule has 0 radical (unpaired) electrons. The van der Waals surface area contributed by atoms with E-state index in [-0.39, 0.29) is 23.4 Å². The van der Waals surface area contributed by atoms with Gasteiger partial charge in [0.2, 0.25) is 0 Å². The minimum atomic E-state index is -0.221. The van der Waals surface area contributed by atoms with Crippen molar-refractivity contribution in [1.29, 1.82) is 0 Å². The first-order valence-electron chi connectivity index (χ1n) is 5.87. The lowest BCUT2D eigenvalue weighted by Crippen LogP contribution is -2.46. The fourth-order valence-electron chi connectivity index (χ4n) is 2.17. The maximum atomic E-state index is 12.8. The van der Waals surface area contributed by atoms with E-state index >= 15 is 0 Å². The second-order valence-corrected chi connectivity index (χ2v) is 5.52. The van der Waals surface area contributed by atoms with Crippen LogP contribution in [0.4, 0.5) is 4.39 Å². The molecule has 1 rings (SSSR count). The highest BCUT2D eigenvalue weighted by Crippen LogP contribution is 2.25. The Bertz CT molecular complexity index is 342. The lowest BCUT2D eigenvalue weighted by Gasteiger charge is -2.34. The molecule has 2 unspecified atom stereocenters. The predicted octanol–water partition coefficient (Wildman–Crippen LogP) is 2.76. The van der Waals surface area contributed by atoms with Crippen molar-refractivity contribution in [3.05, 3.63) is 35.6 Å². The molecule has 0 amide bonds. The Kier molecular flexibility index (Phi) is 4.66. The van der Waals surface area contributed by atoms with Crippen LogP contribution in [0.15, 0.2) is 24.3 Å². The number of halogens is 1. The molecule has 17 heavy (non-hydrogen) atoms. The van der Waals surface area contributed by atoms with Crippen molar-refractivity contribution in [3.63, 3.8) is 0 Å². The van der Waals surface area contributed by atoms with Crippen molar-refractivity contribution in [2.45, 2.75) is 39.3 Å². The number of methoxy groups -OCH3 is 1. The van der Waals surface area contributed by atoms with Gasteiger partial charge in [0.15, 0.2) is 0 Å². The van der Waals surface area contributed by atoms with Gasteiger partial charge in [-0.05, 0) is 29.5 Å². The van der Waals surface area contributed by atoms with Crippen molar-refractivity contribution in [3.8, 4) is 0 Å². The second kappa shape index (κ2) is 5.61. The molecule has 0 aliphatic heterocycles. The quantitative estimate of drug-likeness (QED) is 0.877. The van der Waals surface area contributed by atoms with Crippen LogP contribution in [0, 0.1) is 11.2 Å². The summed E-state index contributed by atoms with van der Waals surface area (Å²) in [5.41, 5.74) is 7.19. The second-order valence-electron chi connectivity index (χ2n) is 5.52. The SMILES string of the molecule is COC(C(N)Cc1ccc(F)cc1)C(C)(C)C. The Hall–Kier alpha value is -0.930. The Morgan fingerprint density at radius 1 is 1.24 bits per heavy atom. The average molecular weight is 239 g/mol. The van der Waals surface area contributed by atoms with Crippen molar-refractivity contribution in [2.24, 2.45) is 11.1 Å². The molecule has 1 aromatic carbocycles. The van der Waals surface area contributed by atoms with Crippen LogP contribution in [0.1, 0.15) is 26.3 Å². The smallest absolute Gasteiger partial charge is 0.123 e. The Morgan fingerprint density at radius 2 is 1.76 bits per heavy atom. The molecule has 0 aromatic heterocycles. The molecule has 0 bridgehead atoms. The maximum absolute atomic E-state index is 12.8. The normalized spacial score (nSPS) is 15.6. The van der Waals surface area contributed by atoms with Crippen LogP contribution in [-0.4, -0.2) is 19.3 Å². The van der Waals surface area contributed by atoms with Crippen LogP contribution in [0.2, 0.25) is 0 Å². The van der Waals surface area contributed by atoms with Gasteiger partial charge in [0.25, 0.3) is 0 Å². The van der Waals surface area contributed by atoms with Gasteiger partial charge in [-0.25, -0.2) is 4.39 Å². The van der Waals surface area contributed by atoms with E-state index in [1.165, 1.54) is 12.1 Å². The zero-order chi connectivity index (χ0) is 13.1. The summed E-state index contributed by atoms with van der Waals surface area (Å²) < 4.78 is 18.3. The van der Waals surface area contributed by atoms with E-state index < -0.39 is 0 Å². The van der Waals surface area contributed by atoms with Crippen LogP contribution in [-0.2, 0) is 11.2 Å². The van der Waals surface area contributed by atoms with Crippen molar-refractivity contribution < 1.29 is 9.13 Å². The highest BCUT2D eigenvalue weighted by molar-refractivity contribution is 5.17. The van der Waals surface area contributed by atoms with Gasteiger partial charge in [0.05, 0.1) is 6.10 Å². The molecule has 0 aliphatic rings. The topological polar surface area (TPSA) is 35.2 Å². The van der Waals surface area contributed by atoms with Crippen LogP contribution >= 0.6 is 0 Å². The molecule has 0 saturated carbocycles. The van der Waals surface area contributed by atoms with Crippen LogP contribution in [0.3, 0.4) is 0 Å². The lowest BCUT2D eigenvalue weighted by molar-refractivity contribution is -0.00165. The first-order chi connectivity index (χ1) is 7.84. The number of rotatable bonds is 4. The van der Waals surface area contributed by atoms with E-state index in [0.717, 1.165) is 5.56 Å². The van der Waals surface area contributed by atoms with E-state index in [0.29, 0.717) is 6.42 Å². The van der Waals surface area contributed by atoms with Gasteiger partial charge >= 0.3 is 0 Å². The minimum absolute atomic E-state index is 0.00576. The molecule has 2 nitrogen and oxygen atoms in total. The van der Waals surface area contributed by atoms with Crippen LogP contribution in [0.5, 0.6) is 0 Å². The molecule has 0 fully saturated rings. The van der Waals surface area contributed by atoms with E-state index in [1.807, 2.05) is 0 Å². The number of hydrogen-bond acceptors (Lipinski definition) is 2. The Morgan fingerprint density at radius 3 is 2.18 bits per heavy atom. The van der Waals surface area contributed by atoms with Gasteiger partial charge in [-0.2, -0.15) is 0 Å². The van der Waals surface area contributed by atoms with Crippen LogP contribution in [0.25, 0.3) is 0 Å². The zero-order valence-corrected chi connectivity index (χ0v) is 11.0. The molecule has 2 atom stereocenters. The number of benzene rings is 1. The highest BCUT2D eigenvalue weighted by Gasteiger charge is 2.30. The summed E-state index contributed by atoms with van der Waals surface area (Å²) in [6, 6.07) is 6.36. The predicted molar refractivity (Wildman–Crippen MR) is 68.3 cm³/mol. The van der Waals surface area contributed by atoms with Gasteiger partial charge in [0.1, 0.15) is 5.82 Å². The maximum Gasteiger partial charge on any atom is 0.123 e. The average Bonchev–Trinajstić information content (AvgIpc) is 2.20. The molecule has 96 valence electrons. The van der Waals surface area contributed by atoms with E-state index in [1.54, 1.807) is 19.2 Å². The molecule has 0 heterocycles. The lowest BCUT2D eigenvalue weighted by atomic mass is 9.83. The summed E-state index contributed by atoms with van der Waals surface area (Å²) in [6.07, 6.45) is 0.670. The van der Waals surface area contributed by atoms with Gasteiger partial charge in [-0.3, -0.25) is 0 Å². The largest absolute Gasteiger partial charge is 0.379 e. The molecule has 0 aliphatic carbocycles. The summed E-state index contributed by atoms with van der Waals surface area (Å²) in [5, 5.41) is 0. The van der Waals surface area contributed by atoms with Crippen LogP contribution < -0.4 is 5.73 Å². The van der Waals surface area contributed by atoms with Crippen molar-refractivity contribution in [1.82, 2.24) is 0 Å². The third-order valence-corrected chi connectivity index (χ3v) is 2.88. The monoisotopic (exact) mass is 239 g/mol. The third-order valence-electron chi connectivity index (χ3n) is 2.88. The highest BCUT2D eigenvalue weighted by atomic mass is 19.1. The minimum Gasteiger partial charge on any atom is -0.379 e. The van der Waals surface area contributed by atoms with Gasteiger partial charge in [0, 0.05) is 13.2 Å². The summed E-state index contributed by atoms with van der Waals surface area (Å²) in [6.45, 7) is 6.31. The first-order valence-corrected chi connectivity index (χ1v) is 5.87. The van der Waals surface area contributed by atoms with Gasteiger partial charge < -0.3 is 10.5 Å². The molecule has 0 spiro atoms. The van der Waals surface area contributed by atoms with Gasteiger partial charge in [-0.1, -0.05) is 32.9 Å². The summed E-state index contributed by atoms with van der Waals surface area (Å²) in [4.78, 5) is 0. The van der Waals surface area contributed by atoms with E-state index in [9.17, 15) is 4.39 Å². The zero-order valence-electron chi connectivity index (χ0n) is 11.0. The standard InChI is InChI=1S/C14H22FNO/c1-14(2,3)13(17-4)12(16)9-10-5-7-11(15)8-6-10/h5-8,12-13H,9,16H2,1-4H3. The summed E-state index contributed by atoms with van der Waals surface area (Å²) in [7, 11) is 1.68. The molecule has 2 N–H and O–H groups in total. The molecule has 1 aromatic rings. The molecular weight excluding hydrogens is 217 g/mol.